The van der Waals surface area contributed by atoms with E-state index in [1.165, 1.54) is 0 Å². The predicted octanol–water partition coefficient (Wildman–Crippen LogP) is 4.72. The van der Waals surface area contributed by atoms with Gasteiger partial charge in [-0.1, -0.05) is 43.1 Å². The minimum Gasteiger partial charge on any atom is -0.300 e. The normalized spacial score (nSPS) is 17.3. The molecule has 0 radical (unpaired) electrons. The Balaban J connectivity index is 0.00000139. The van der Waals surface area contributed by atoms with Gasteiger partial charge in [-0.05, 0) is 38.5 Å². The highest BCUT2D eigenvalue weighted by atomic mass is 35.5. The average Bonchev–Trinajstić information content (AvgIpc) is 2.57. The number of piperazine rings is 1. The van der Waals surface area contributed by atoms with E-state index in [1.54, 1.807) is 13.0 Å². The molecule has 0 amide bonds. The standard InChI is InChI=1S/C17H24Cl2N2O.C2H6/c1-12(2)21-8-6-20(7-9-21)11-15(13(3)22)14-4-5-16(18)17(19)10-14;1-2/h4-5,10,12,15H,6-9,11H2,1-3H3;1-2H3. The molecule has 1 aromatic rings. The summed E-state index contributed by atoms with van der Waals surface area (Å²) in [5.41, 5.74) is 0.952. The maximum atomic E-state index is 12.1. The molecular formula is C19H30Cl2N2O. The molecule has 1 aromatic carbocycles. The molecule has 1 fully saturated rings. The molecule has 1 aliphatic rings. The van der Waals surface area contributed by atoms with Crippen molar-refractivity contribution in [3.05, 3.63) is 33.8 Å². The first-order valence-corrected chi connectivity index (χ1v) is 9.56. The highest BCUT2D eigenvalue weighted by molar-refractivity contribution is 6.42. The molecule has 0 spiro atoms. The number of ketones is 1. The van der Waals surface area contributed by atoms with Crippen molar-refractivity contribution in [3.8, 4) is 0 Å². The third kappa shape index (κ3) is 6.03. The molecule has 136 valence electrons. The lowest BCUT2D eigenvalue weighted by molar-refractivity contribution is -0.119. The Morgan fingerprint density at radius 2 is 1.67 bits per heavy atom. The van der Waals surface area contributed by atoms with Crippen LogP contribution >= 0.6 is 23.2 Å². The number of halogens is 2. The largest absolute Gasteiger partial charge is 0.300 e. The van der Waals surface area contributed by atoms with Gasteiger partial charge in [0, 0.05) is 38.8 Å². The number of Topliss-reactive ketones (excluding diaryl/α,β-unsaturated/α-hetero) is 1. The van der Waals surface area contributed by atoms with E-state index in [0.29, 0.717) is 16.1 Å². The first kappa shape index (κ1) is 21.4. The lowest BCUT2D eigenvalue weighted by atomic mass is 9.94. The van der Waals surface area contributed by atoms with E-state index in [1.807, 2.05) is 26.0 Å². The molecule has 3 nitrogen and oxygen atoms in total. The molecule has 0 bridgehead atoms. The van der Waals surface area contributed by atoms with Crippen LogP contribution in [0.5, 0.6) is 0 Å². The first-order chi connectivity index (χ1) is 11.4. The van der Waals surface area contributed by atoms with Crippen molar-refractivity contribution in [2.24, 2.45) is 0 Å². The molecule has 2 rings (SSSR count). The minimum absolute atomic E-state index is 0.139. The lowest BCUT2D eigenvalue weighted by Crippen LogP contribution is -2.50. The molecule has 1 heterocycles. The molecule has 1 atom stereocenters. The molecule has 1 unspecified atom stereocenters. The van der Waals surface area contributed by atoms with Crippen molar-refractivity contribution in [3.63, 3.8) is 0 Å². The van der Waals surface area contributed by atoms with Gasteiger partial charge in [0.05, 0.1) is 16.0 Å². The number of rotatable bonds is 5. The topological polar surface area (TPSA) is 23.6 Å². The predicted molar refractivity (Wildman–Crippen MR) is 104 cm³/mol. The van der Waals surface area contributed by atoms with Gasteiger partial charge in [-0.2, -0.15) is 0 Å². The van der Waals surface area contributed by atoms with E-state index in [0.717, 1.165) is 38.3 Å². The molecule has 0 aliphatic carbocycles. The van der Waals surface area contributed by atoms with E-state index in [4.69, 9.17) is 23.2 Å². The van der Waals surface area contributed by atoms with Gasteiger partial charge >= 0.3 is 0 Å². The maximum Gasteiger partial charge on any atom is 0.138 e. The van der Waals surface area contributed by atoms with Crippen LogP contribution in [-0.4, -0.2) is 54.3 Å². The molecule has 0 saturated carbocycles. The summed E-state index contributed by atoms with van der Waals surface area (Å²) in [6.07, 6.45) is 0. The third-order valence-electron chi connectivity index (χ3n) is 4.41. The van der Waals surface area contributed by atoms with Crippen LogP contribution in [-0.2, 0) is 4.79 Å². The maximum absolute atomic E-state index is 12.1. The van der Waals surface area contributed by atoms with Crippen LogP contribution in [0.4, 0.5) is 0 Å². The van der Waals surface area contributed by atoms with Crippen LogP contribution in [0.15, 0.2) is 18.2 Å². The van der Waals surface area contributed by atoms with Crippen molar-refractivity contribution in [1.29, 1.82) is 0 Å². The second-order valence-electron chi connectivity index (χ2n) is 6.27. The van der Waals surface area contributed by atoms with Gasteiger partial charge < -0.3 is 0 Å². The summed E-state index contributed by atoms with van der Waals surface area (Å²) in [7, 11) is 0. The Morgan fingerprint density at radius 3 is 2.12 bits per heavy atom. The smallest absolute Gasteiger partial charge is 0.138 e. The number of nitrogens with zero attached hydrogens (tertiary/aromatic N) is 2. The van der Waals surface area contributed by atoms with E-state index < -0.39 is 0 Å². The number of hydrogen-bond acceptors (Lipinski definition) is 3. The number of carbonyl (C=O) groups is 1. The molecule has 24 heavy (non-hydrogen) atoms. The molecule has 1 saturated heterocycles. The Kier molecular flexibility index (Phi) is 9.28. The molecule has 5 heteroatoms. The Labute approximate surface area is 156 Å². The minimum atomic E-state index is -0.139. The fraction of sp³-hybridized carbons (Fsp3) is 0.632. The lowest BCUT2D eigenvalue weighted by Gasteiger charge is -2.38. The van der Waals surface area contributed by atoms with Crippen LogP contribution in [0.2, 0.25) is 10.0 Å². The summed E-state index contributed by atoms with van der Waals surface area (Å²) in [4.78, 5) is 16.9. The molecular weight excluding hydrogens is 343 g/mol. The van der Waals surface area contributed by atoms with Gasteiger partial charge in [-0.3, -0.25) is 14.6 Å². The van der Waals surface area contributed by atoms with E-state index >= 15 is 0 Å². The van der Waals surface area contributed by atoms with Gasteiger partial charge in [0.2, 0.25) is 0 Å². The van der Waals surface area contributed by atoms with Crippen LogP contribution in [0.1, 0.15) is 46.1 Å². The van der Waals surface area contributed by atoms with Crippen LogP contribution in [0.3, 0.4) is 0 Å². The van der Waals surface area contributed by atoms with Crippen molar-refractivity contribution in [1.82, 2.24) is 9.80 Å². The summed E-state index contributed by atoms with van der Waals surface area (Å²) < 4.78 is 0. The number of benzene rings is 1. The van der Waals surface area contributed by atoms with Gasteiger partial charge in [-0.15, -0.1) is 0 Å². The second kappa shape index (κ2) is 10.4. The number of carbonyl (C=O) groups excluding carboxylic acids is 1. The monoisotopic (exact) mass is 372 g/mol. The highest BCUT2D eigenvalue weighted by Gasteiger charge is 2.24. The summed E-state index contributed by atoms with van der Waals surface area (Å²) in [5.74, 6) is 0.0324. The molecule has 0 N–H and O–H groups in total. The van der Waals surface area contributed by atoms with Gasteiger partial charge in [0.25, 0.3) is 0 Å². The summed E-state index contributed by atoms with van der Waals surface area (Å²) in [5, 5.41) is 1.04. The van der Waals surface area contributed by atoms with E-state index in [-0.39, 0.29) is 11.7 Å². The first-order valence-electron chi connectivity index (χ1n) is 8.80. The van der Waals surface area contributed by atoms with E-state index in [9.17, 15) is 4.79 Å². The number of hydrogen-bond donors (Lipinski definition) is 0. The summed E-state index contributed by atoms with van der Waals surface area (Å²) >= 11 is 12.1. The van der Waals surface area contributed by atoms with Gasteiger partial charge in [0.1, 0.15) is 5.78 Å². The van der Waals surface area contributed by atoms with Crippen molar-refractivity contribution in [2.75, 3.05) is 32.7 Å². The molecule has 0 aromatic heterocycles. The summed E-state index contributed by atoms with van der Waals surface area (Å²) in [6, 6.07) is 6.08. The Bertz CT molecular complexity index is 526. The van der Waals surface area contributed by atoms with Crippen LogP contribution in [0, 0.1) is 0 Å². The quantitative estimate of drug-likeness (QED) is 0.746. The van der Waals surface area contributed by atoms with Gasteiger partial charge in [0.15, 0.2) is 0 Å². The average molecular weight is 373 g/mol. The third-order valence-corrected chi connectivity index (χ3v) is 5.15. The fourth-order valence-corrected chi connectivity index (χ4v) is 3.22. The van der Waals surface area contributed by atoms with Crippen molar-refractivity contribution in [2.45, 2.75) is 46.6 Å². The highest BCUT2D eigenvalue weighted by Crippen LogP contribution is 2.28. The Morgan fingerprint density at radius 1 is 1.08 bits per heavy atom. The zero-order chi connectivity index (χ0) is 18.3. The summed E-state index contributed by atoms with van der Waals surface area (Å²) in [6.45, 7) is 15.0. The van der Waals surface area contributed by atoms with Gasteiger partial charge in [-0.25, -0.2) is 0 Å². The second-order valence-corrected chi connectivity index (χ2v) is 7.08. The van der Waals surface area contributed by atoms with E-state index in [2.05, 4.69) is 23.6 Å². The zero-order valence-electron chi connectivity index (χ0n) is 15.5. The van der Waals surface area contributed by atoms with Crippen molar-refractivity contribution < 1.29 is 4.79 Å². The molecule has 1 aliphatic heterocycles. The SMILES string of the molecule is CC.CC(=O)C(CN1CCN(C(C)C)CC1)c1ccc(Cl)c(Cl)c1. The van der Waals surface area contributed by atoms with Crippen molar-refractivity contribution >= 4 is 29.0 Å². The van der Waals surface area contributed by atoms with Crippen LogP contribution in [0.25, 0.3) is 0 Å². The zero-order valence-corrected chi connectivity index (χ0v) is 17.0. The Hall–Kier alpha value is -0.610. The fourth-order valence-electron chi connectivity index (χ4n) is 2.92. The van der Waals surface area contributed by atoms with Crippen LogP contribution < -0.4 is 0 Å².